The number of rotatable bonds is 5. The van der Waals surface area contributed by atoms with Crippen molar-refractivity contribution in [3.05, 3.63) is 35.1 Å². The van der Waals surface area contributed by atoms with Crippen molar-refractivity contribution >= 4 is 5.84 Å². The molecule has 3 nitrogen and oxygen atoms in total. The van der Waals surface area contributed by atoms with Crippen LogP contribution in [0, 0.1) is 11.7 Å². The summed E-state index contributed by atoms with van der Waals surface area (Å²) in [5.41, 5.74) is 6.75. The van der Waals surface area contributed by atoms with E-state index in [1.165, 1.54) is 12.5 Å². The van der Waals surface area contributed by atoms with E-state index in [0.717, 1.165) is 18.4 Å². The van der Waals surface area contributed by atoms with E-state index in [9.17, 15) is 4.39 Å². The number of aryl methyl sites for hydroxylation is 1. The van der Waals surface area contributed by atoms with Gasteiger partial charge in [0, 0.05) is 5.56 Å². The van der Waals surface area contributed by atoms with E-state index in [-0.39, 0.29) is 5.82 Å². The number of benzene rings is 1. The van der Waals surface area contributed by atoms with Gasteiger partial charge in [0.15, 0.2) is 0 Å². The van der Waals surface area contributed by atoms with Gasteiger partial charge in [-0.25, -0.2) is 4.39 Å². The predicted octanol–water partition coefficient (Wildman–Crippen LogP) is 3.41. The maximum atomic E-state index is 14.2. The highest BCUT2D eigenvalue weighted by Crippen LogP contribution is 2.31. The Kier molecular flexibility index (Phi) is 4.99. The van der Waals surface area contributed by atoms with Crippen molar-refractivity contribution in [3.63, 3.8) is 0 Å². The average molecular weight is 292 g/mol. The standard InChI is InChI=1S/C17H25FN2O/c1-12(2)5-4-6-13-7-8-15(18)14(9-13)17(3)11-21-10-16(19)20-17/h7-9,12H,4-6,10-11H2,1-3H3,(H2,19,20)/t17-/m0/s1. The van der Waals surface area contributed by atoms with Crippen LogP contribution in [0.2, 0.25) is 0 Å². The van der Waals surface area contributed by atoms with Crippen LogP contribution in [0.15, 0.2) is 23.2 Å². The fourth-order valence-corrected chi connectivity index (χ4v) is 2.73. The molecule has 0 unspecified atom stereocenters. The van der Waals surface area contributed by atoms with Gasteiger partial charge in [0.1, 0.15) is 23.8 Å². The molecular formula is C17H25FN2O. The van der Waals surface area contributed by atoms with Crippen LogP contribution in [0.4, 0.5) is 4.39 Å². The topological polar surface area (TPSA) is 47.6 Å². The van der Waals surface area contributed by atoms with E-state index >= 15 is 0 Å². The zero-order valence-electron chi connectivity index (χ0n) is 13.2. The molecule has 1 heterocycles. The van der Waals surface area contributed by atoms with Crippen molar-refractivity contribution in [1.29, 1.82) is 0 Å². The molecule has 0 bridgehead atoms. The van der Waals surface area contributed by atoms with Gasteiger partial charge in [0.05, 0.1) is 6.61 Å². The van der Waals surface area contributed by atoms with Gasteiger partial charge in [-0.3, -0.25) is 4.99 Å². The first-order valence-electron chi connectivity index (χ1n) is 7.61. The molecule has 116 valence electrons. The molecule has 2 rings (SSSR count). The summed E-state index contributed by atoms with van der Waals surface area (Å²) in [6, 6.07) is 5.31. The molecule has 1 aromatic carbocycles. The summed E-state index contributed by atoms with van der Waals surface area (Å²) in [5.74, 6) is 0.874. The van der Waals surface area contributed by atoms with Crippen LogP contribution in [-0.4, -0.2) is 19.0 Å². The van der Waals surface area contributed by atoms with Crippen LogP contribution >= 0.6 is 0 Å². The van der Waals surface area contributed by atoms with Gasteiger partial charge in [-0.1, -0.05) is 32.4 Å². The van der Waals surface area contributed by atoms with E-state index in [1.807, 2.05) is 19.1 Å². The van der Waals surface area contributed by atoms with Gasteiger partial charge in [0.2, 0.25) is 0 Å². The number of hydrogen-bond acceptors (Lipinski definition) is 3. The highest BCUT2D eigenvalue weighted by atomic mass is 19.1. The second-order valence-corrected chi connectivity index (χ2v) is 6.47. The number of amidine groups is 1. The predicted molar refractivity (Wildman–Crippen MR) is 84.0 cm³/mol. The smallest absolute Gasteiger partial charge is 0.128 e. The summed E-state index contributed by atoms with van der Waals surface area (Å²) >= 11 is 0. The van der Waals surface area contributed by atoms with Crippen LogP contribution in [0.25, 0.3) is 0 Å². The first-order valence-corrected chi connectivity index (χ1v) is 7.61. The number of nitrogens with two attached hydrogens (primary N) is 1. The van der Waals surface area contributed by atoms with Crippen molar-refractivity contribution in [2.75, 3.05) is 13.2 Å². The monoisotopic (exact) mass is 292 g/mol. The Morgan fingerprint density at radius 3 is 2.86 bits per heavy atom. The highest BCUT2D eigenvalue weighted by Gasteiger charge is 2.32. The third-order valence-electron chi connectivity index (χ3n) is 3.88. The molecule has 1 aliphatic rings. The molecule has 1 aliphatic heterocycles. The molecular weight excluding hydrogens is 267 g/mol. The molecule has 0 aliphatic carbocycles. The van der Waals surface area contributed by atoms with Gasteiger partial charge in [-0.05, 0) is 37.3 Å². The SMILES string of the molecule is CC(C)CCCc1ccc(F)c([C@]2(C)COCC(N)=N2)c1. The summed E-state index contributed by atoms with van der Waals surface area (Å²) in [5, 5.41) is 0. The summed E-state index contributed by atoms with van der Waals surface area (Å²) in [6.07, 6.45) is 3.25. The third-order valence-corrected chi connectivity index (χ3v) is 3.88. The van der Waals surface area contributed by atoms with Crippen LogP contribution in [0.1, 0.15) is 44.7 Å². The summed E-state index contributed by atoms with van der Waals surface area (Å²) < 4.78 is 19.6. The normalized spacial score (nSPS) is 22.4. The second kappa shape index (κ2) is 6.56. The van der Waals surface area contributed by atoms with E-state index < -0.39 is 5.54 Å². The number of hydrogen-bond donors (Lipinski definition) is 1. The van der Waals surface area contributed by atoms with Gasteiger partial charge >= 0.3 is 0 Å². The van der Waals surface area contributed by atoms with Gasteiger partial charge in [0.25, 0.3) is 0 Å². The lowest BCUT2D eigenvalue weighted by atomic mass is 9.90. The zero-order valence-corrected chi connectivity index (χ0v) is 13.2. The second-order valence-electron chi connectivity index (χ2n) is 6.47. The lowest BCUT2D eigenvalue weighted by Gasteiger charge is -2.30. The highest BCUT2D eigenvalue weighted by molar-refractivity contribution is 5.82. The Labute approximate surface area is 126 Å². The van der Waals surface area contributed by atoms with Crippen LogP contribution < -0.4 is 5.73 Å². The van der Waals surface area contributed by atoms with E-state index in [2.05, 4.69) is 18.8 Å². The first kappa shape index (κ1) is 16.0. The lowest BCUT2D eigenvalue weighted by molar-refractivity contribution is 0.104. The molecule has 0 spiro atoms. The number of ether oxygens (including phenoxy) is 1. The Balaban J connectivity index is 2.21. The summed E-state index contributed by atoms with van der Waals surface area (Å²) in [6.45, 7) is 6.99. The molecule has 4 heteroatoms. The van der Waals surface area contributed by atoms with Gasteiger partial charge in [-0.15, -0.1) is 0 Å². The molecule has 0 amide bonds. The fourth-order valence-electron chi connectivity index (χ4n) is 2.73. The zero-order chi connectivity index (χ0) is 15.5. The Hall–Kier alpha value is -1.42. The Morgan fingerprint density at radius 1 is 1.43 bits per heavy atom. The van der Waals surface area contributed by atoms with Crippen molar-refractivity contribution in [1.82, 2.24) is 0 Å². The van der Waals surface area contributed by atoms with Crippen molar-refractivity contribution in [2.45, 2.75) is 45.6 Å². The molecule has 2 N–H and O–H groups in total. The lowest BCUT2D eigenvalue weighted by Crippen LogP contribution is -2.38. The maximum Gasteiger partial charge on any atom is 0.128 e. The van der Waals surface area contributed by atoms with Crippen LogP contribution in [-0.2, 0) is 16.7 Å². The van der Waals surface area contributed by atoms with E-state index in [0.29, 0.717) is 30.5 Å². The average Bonchev–Trinajstić information content (AvgIpc) is 2.40. The fraction of sp³-hybridized carbons (Fsp3) is 0.588. The van der Waals surface area contributed by atoms with Crippen LogP contribution in [0.3, 0.4) is 0 Å². The number of nitrogens with zero attached hydrogens (tertiary/aromatic N) is 1. The minimum absolute atomic E-state index is 0.243. The van der Waals surface area contributed by atoms with Crippen molar-refractivity contribution in [3.8, 4) is 0 Å². The molecule has 0 saturated carbocycles. The van der Waals surface area contributed by atoms with Crippen molar-refractivity contribution < 1.29 is 9.13 Å². The van der Waals surface area contributed by atoms with E-state index in [1.54, 1.807) is 0 Å². The van der Waals surface area contributed by atoms with Crippen molar-refractivity contribution in [2.24, 2.45) is 16.6 Å². The van der Waals surface area contributed by atoms with Gasteiger partial charge < -0.3 is 10.5 Å². The first-order chi connectivity index (χ1) is 9.90. The Morgan fingerprint density at radius 2 is 2.19 bits per heavy atom. The summed E-state index contributed by atoms with van der Waals surface area (Å²) in [4.78, 5) is 4.42. The van der Waals surface area contributed by atoms with E-state index in [4.69, 9.17) is 10.5 Å². The number of halogens is 1. The number of aliphatic imine (C=N–C) groups is 1. The van der Waals surface area contributed by atoms with Gasteiger partial charge in [-0.2, -0.15) is 0 Å². The molecule has 1 atom stereocenters. The largest absolute Gasteiger partial charge is 0.386 e. The quantitative estimate of drug-likeness (QED) is 0.904. The molecule has 1 aromatic rings. The molecule has 0 radical (unpaired) electrons. The summed E-state index contributed by atoms with van der Waals surface area (Å²) in [7, 11) is 0. The molecule has 0 aromatic heterocycles. The molecule has 21 heavy (non-hydrogen) atoms. The Bertz CT molecular complexity index is 528. The minimum Gasteiger partial charge on any atom is -0.386 e. The van der Waals surface area contributed by atoms with Crippen LogP contribution in [0.5, 0.6) is 0 Å². The molecule has 0 saturated heterocycles. The minimum atomic E-state index is -0.722. The third kappa shape index (κ3) is 4.03. The maximum absolute atomic E-state index is 14.2. The molecule has 0 fully saturated rings.